The first-order valence-electron chi connectivity index (χ1n) is 7.20. The highest BCUT2D eigenvalue weighted by atomic mass is 19.1. The molecule has 0 radical (unpaired) electrons. The molecular formula is C16H19F3N2O. The van der Waals surface area contributed by atoms with E-state index in [1.807, 2.05) is 13.8 Å². The molecule has 0 saturated heterocycles. The van der Waals surface area contributed by atoms with Crippen molar-refractivity contribution in [2.45, 2.75) is 32.4 Å². The predicted molar refractivity (Wildman–Crippen MR) is 78.9 cm³/mol. The van der Waals surface area contributed by atoms with Gasteiger partial charge in [0, 0.05) is 19.1 Å². The fourth-order valence-corrected chi connectivity index (χ4v) is 2.37. The van der Waals surface area contributed by atoms with Gasteiger partial charge in [0.2, 0.25) is 0 Å². The number of allylic oxidation sites excluding steroid dienone is 3. The van der Waals surface area contributed by atoms with E-state index in [-0.39, 0.29) is 7.34 Å². The molecule has 3 rings (SSSR count). The number of rotatable bonds is 2. The van der Waals surface area contributed by atoms with E-state index in [4.69, 9.17) is 0 Å². The van der Waals surface area contributed by atoms with Crippen LogP contribution in [0.2, 0.25) is 0 Å². The molecule has 1 aromatic heterocycles. The van der Waals surface area contributed by atoms with Crippen molar-refractivity contribution >= 4 is 5.91 Å². The second kappa shape index (κ2) is 6.34. The summed E-state index contributed by atoms with van der Waals surface area (Å²) in [4.78, 5) is 15.2. The van der Waals surface area contributed by atoms with Crippen LogP contribution in [0.3, 0.4) is 0 Å². The van der Waals surface area contributed by atoms with Crippen LogP contribution in [0.4, 0.5) is 13.2 Å². The second-order valence-corrected chi connectivity index (χ2v) is 4.97. The number of hydrogen-bond acceptors (Lipinski definition) is 2. The topological polar surface area (TPSA) is 42.0 Å². The number of hydrogen-bond donors (Lipinski definition) is 1. The van der Waals surface area contributed by atoms with E-state index in [9.17, 15) is 18.0 Å². The molecular weight excluding hydrogens is 293 g/mol. The first-order chi connectivity index (χ1) is 10.5. The summed E-state index contributed by atoms with van der Waals surface area (Å²) in [5.74, 6) is -2.93. The molecule has 1 N–H and O–H groups in total. The molecule has 0 aromatic carbocycles. The molecule has 1 amide bonds. The number of fused-ring (bicyclic) bond motifs is 1. The van der Waals surface area contributed by atoms with Gasteiger partial charge in [-0.3, -0.25) is 4.79 Å². The lowest BCUT2D eigenvalue weighted by molar-refractivity contribution is 0.0600. The largest absolute Gasteiger partial charge is 0.321 e. The normalized spacial score (nSPS) is 25.1. The van der Waals surface area contributed by atoms with Crippen LogP contribution >= 0.6 is 0 Å². The minimum Gasteiger partial charge on any atom is -0.321 e. The minimum absolute atomic E-state index is 0. The highest BCUT2D eigenvalue weighted by Gasteiger charge is 2.45. The Kier molecular flexibility index (Phi) is 4.68. The molecule has 2 unspecified atom stereocenters. The number of alkyl halides is 1. The average molecular weight is 312 g/mol. The maximum Gasteiger partial charge on any atom is 0.277 e. The fraction of sp³-hybridized carbons (Fsp3) is 0.375. The van der Waals surface area contributed by atoms with Gasteiger partial charge in [0.15, 0.2) is 11.5 Å². The molecule has 1 heterocycles. The van der Waals surface area contributed by atoms with Gasteiger partial charge >= 0.3 is 0 Å². The van der Waals surface area contributed by atoms with Crippen molar-refractivity contribution in [3.63, 3.8) is 0 Å². The van der Waals surface area contributed by atoms with Gasteiger partial charge in [-0.25, -0.2) is 18.2 Å². The standard InChI is InChI=1S/C14H11F3N2O.C2H6.H2/c15-9-6-11(16)12(18-7-9)13(20)19-10-2-4-14(17)3-1-8(14)5-10;1-2;/h2,4-8H,1,3H2,(H,19,20);1-2H3;1H. The SMILES string of the molecule is CC.O=C(NC1=CC2CCC2(F)C=C1)c1ncc(F)cc1F.[HH]. The van der Waals surface area contributed by atoms with E-state index in [2.05, 4.69) is 10.3 Å². The molecule has 3 nitrogen and oxygen atoms in total. The van der Waals surface area contributed by atoms with Gasteiger partial charge in [0.05, 0.1) is 6.20 Å². The number of nitrogens with one attached hydrogen (secondary N) is 1. The molecule has 0 aliphatic heterocycles. The number of carbonyl (C=O) groups excluding carboxylic acids is 1. The molecule has 1 fully saturated rings. The van der Waals surface area contributed by atoms with E-state index < -0.39 is 28.9 Å². The second-order valence-electron chi connectivity index (χ2n) is 4.97. The van der Waals surface area contributed by atoms with Gasteiger partial charge in [0.1, 0.15) is 11.5 Å². The molecule has 2 aliphatic carbocycles. The highest BCUT2D eigenvalue weighted by molar-refractivity contribution is 5.94. The lowest BCUT2D eigenvalue weighted by Crippen LogP contribution is -2.42. The zero-order valence-corrected chi connectivity index (χ0v) is 12.4. The third-order valence-corrected chi connectivity index (χ3v) is 3.66. The monoisotopic (exact) mass is 312 g/mol. The Morgan fingerprint density at radius 2 is 2.18 bits per heavy atom. The summed E-state index contributed by atoms with van der Waals surface area (Å²) >= 11 is 0. The van der Waals surface area contributed by atoms with Gasteiger partial charge in [-0.05, 0) is 25.0 Å². The Morgan fingerprint density at radius 1 is 1.45 bits per heavy atom. The van der Waals surface area contributed by atoms with Crippen LogP contribution in [0.15, 0.2) is 36.2 Å². The van der Waals surface area contributed by atoms with Crippen LogP contribution in [-0.4, -0.2) is 16.6 Å². The molecule has 2 atom stereocenters. The van der Waals surface area contributed by atoms with Crippen molar-refractivity contribution < 1.29 is 19.4 Å². The van der Waals surface area contributed by atoms with Gasteiger partial charge in [0.25, 0.3) is 5.91 Å². The first kappa shape index (κ1) is 16.3. The van der Waals surface area contributed by atoms with Gasteiger partial charge in [-0.2, -0.15) is 0 Å². The van der Waals surface area contributed by atoms with E-state index in [1.165, 1.54) is 12.2 Å². The highest BCUT2D eigenvalue weighted by Crippen LogP contribution is 2.46. The summed E-state index contributed by atoms with van der Waals surface area (Å²) in [5, 5.41) is 2.44. The number of aromatic nitrogens is 1. The zero-order chi connectivity index (χ0) is 16.3. The third kappa shape index (κ3) is 3.05. The smallest absolute Gasteiger partial charge is 0.277 e. The third-order valence-electron chi connectivity index (χ3n) is 3.66. The molecule has 2 aliphatic rings. The van der Waals surface area contributed by atoms with Gasteiger partial charge in [-0.1, -0.05) is 19.9 Å². The average Bonchev–Trinajstić information content (AvgIpc) is 2.49. The number of carbonyl (C=O) groups is 1. The van der Waals surface area contributed by atoms with Crippen LogP contribution in [0.25, 0.3) is 0 Å². The molecule has 1 saturated carbocycles. The summed E-state index contributed by atoms with van der Waals surface area (Å²) in [5.41, 5.74) is -1.40. The number of pyridine rings is 1. The lowest BCUT2D eigenvalue weighted by Gasteiger charge is -2.41. The number of nitrogens with zero attached hydrogens (tertiary/aromatic N) is 1. The molecule has 6 heteroatoms. The lowest BCUT2D eigenvalue weighted by atomic mass is 9.68. The van der Waals surface area contributed by atoms with Crippen molar-refractivity contribution in [1.29, 1.82) is 0 Å². The van der Waals surface area contributed by atoms with Crippen molar-refractivity contribution in [2.24, 2.45) is 5.92 Å². The Labute approximate surface area is 128 Å². The van der Waals surface area contributed by atoms with Crippen LogP contribution < -0.4 is 5.32 Å². The van der Waals surface area contributed by atoms with E-state index in [0.29, 0.717) is 24.6 Å². The van der Waals surface area contributed by atoms with Crippen LogP contribution in [0.1, 0.15) is 38.6 Å². The van der Waals surface area contributed by atoms with Crippen LogP contribution in [-0.2, 0) is 0 Å². The quantitative estimate of drug-likeness (QED) is 0.899. The van der Waals surface area contributed by atoms with Gasteiger partial charge in [-0.15, -0.1) is 0 Å². The molecule has 22 heavy (non-hydrogen) atoms. The Bertz CT molecular complexity index is 648. The summed E-state index contributed by atoms with van der Waals surface area (Å²) < 4.78 is 40.1. The number of halogens is 3. The summed E-state index contributed by atoms with van der Waals surface area (Å²) in [7, 11) is 0. The van der Waals surface area contributed by atoms with Gasteiger partial charge < -0.3 is 5.32 Å². The van der Waals surface area contributed by atoms with Crippen molar-refractivity contribution in [2.75, 3.05) is 0 Å². The molecule has 1 aromatic rings. The van der Waals surface area contributed by atoms with E-state index >= 15 is 0 Å². The van der Waals surface area contributed by atoms with E-state index in [0.717, 1.165) is 6.20 Å². The van der Waals surface area contributed by atoms with E-state index in [1.54, 1.807) is 6.08 Å². The van der Waals surface area contributed by atoms with Crippen LogP contribution in [0.5, 0.6) is 0 Å². The first-order valence-corrected chi connectivity index (χ1v) is 7.20. The fourth-order valence-electron chi connectivity index (χ4n) is 2.37. The zero-order valence-electron chi connectivity index (χ0n) is 12.4. The maximum atomic E-state index is 13.9. The summed E-state index contributed by atoms with van der Waals surface area (Å²) in [6, 6.07) is 0.589. The minimum atomic E-state index is -1.31. The molecule has 0 bridgehead atoms. The Morgan fingerprint density at radius 3 is 2.73 bits per heavy atom. The summed E-state index contributed by atoms with van der Waals surface area (Å²) in [6.45, 7) is 4.00. The van der Waals surface area contributed by atoms with Crippen molar-refractivity contribution in [3.05, 3.63) is 53.5 Å². The predicted octanol–water partition coefficient (Wildman–Crippen LogP) is 3.93. The molecule has 120 valence electrons. The van der Waals surface area contributed by atoms with Crippen molar-refractivity contribution in [1.82, 2.24) is 10.3 Å². The molecule has 0 spiro atoms. The number of amides is 1. The Hall–Kier alpha value is -2.11. The van der Waals surface area contributed by atoms with Crippen molar-refractivity contribution in [3.8, 4) is 0 Å². The Balaban J connectivity index is 0.000000849. The summed E-state index contributed by atoms with van der Waals surface area (Å²) in [6.07, 6.45) is 6.42. The van der Waals surface area contributed by atoms with Crippen LogP contribution in [0, 0.1) is 17.6 Å². The maximum absolute atomic E-state index is 13.9.